The number of hydrogen-bond donors (Lipinski definition) is 0. The molecule has 0 saturated heterocycles. The van der Waals surface area contributed by atoms with Gasteiger partial charge in [-0.2, -0.15) is 0 Å². The van der Waals surface area contributed by atoms with E-state index in [1.165, 1.54) is 11.1 Å². The molecule has 0 amide bonds. The molecule has 2 heteroatoms. The van der Waals surface area contributed by atoms with Crippen molar-refractivity contribution >= 4 is 11.6 Å². The molecule has 0 fully saturated rings. The van der Waals surface area contributed by atoms with Crippen LogP contribution in [-0.4, -0.2) is 6.61 Å². The summed E-state index contributed by atoms with van der Waals surface area (Å²) in [7, 11) is 0. The fourth-order valence-electron chi connectivity index (χ4n) is 1.74. The monoisotopic (exact) mass is 226 g/mol. The summed E-state index contributed by atoms with van der Waals surface area (Å²) in [6, 6.07) is 2.04. The second-order valence-corrected chi connectivity index (χ2v) is 3.96. The first-order valence-electron chi connectivity index (χ1n) is 5.61. The molecule has 0 unspecified atom stereocenters. The van der Waals surface area contributed by atoms with E-state index in [-0.39, 0.29) is 0 Å². The topological polar surface area (TPSA) is 9.23 Å². The Balaban J connectivity index is 0.000000531. The average molecular weight is 227 g/mol. The lowest BCUT2D eigenvalue weighted by Crippen LogP contribution is -2.10. The third-order valence-electron chi connectivity index (χ3n) is 2.69. The average Bonchev–Trinajstić information content (AvgIpc) is 2.29. The van der Waals surface area contributed by atoms with E-state index in [2.05, 4.69) is 6.92 Å². The molecule has 0 aliphatic carbocycles. The molecule has 1 heterocycles. The van der Waals surface area contributed by atoms with Crippen LogP contribution in [0.4, 0.5) is 0 Å². The van der Waals surface area contributed by atoms with Crippen LogP contribution in [0.1, 0.15) is 37.0 Å². The fraction of sp³-hybridized carbons (Fsp3) is 0.538. The van der Waals surface area contributed by atoms with Crippen LogP contribution in [0.25, 0.3) is 0 Å². The summed E-state index contributed by atoms with van der Waals surface area (Å²) in [6.45, 7) is 8.95. The summed E-state index contributed by atoms with van der Waals surface area (Å²) in [5.41, 5.74) is 3.60. The third kappa shape index (κ3) is 2.46. The zero-order valence-corrected chi connectivity index (χ0v) is 10.7. The van der Waals surface area contributed by atoms with E-state index in [1.54, 1.807) is 0 Å². The lowest BCUT2D eigenvalue weighted by Gasteiger charge is -2.21. The largest absolute Gasteiger partial charge is 0.493 e. The Kier molecular flexibility index (Phi) is 4.46. The molecule has 1 aliphatic heterocycles. The van der Waals surface area contributed by atoms with E-state index < -0.39 is 0 Å². The summed E-state index contributed by atoms with van der Waals surface area (Å²) >= 11 is 6.10. The van der Waals surface area contributed by atoms with Gasteiger partial charge in [-0.1, -0.05) is 25.4 Å². The van der Waals surface area contributed by atoms with Crippen LogP contribution in [0.2, 0.25) is 5.02 Å². The van der Waals surface area contributed by atoms with E-state index in [1.807, 2.05) is 26.8 Å². The predicted molar refractivity (Wildman–Crippen MR) is 66.1 cm³/mol. The van der Waals surface area contributed by atoms with E-state index in [0.717, 1.165) is 35.8 Å². The molecule has 0 spiro atoms. The number of aryl methyl sites for hydroxylation is 1. The van der Waals surface area contributed by atoms with Crippen LogP contribution in [0.15, 0.2) is 6.07 Å². The van der Waals surface area contributed by atoms with Crippen molar-refractivity contribution < 1.29 is 4.74 Å². The van der Waals surface area contributed by atoms with Gasteiger partial charge in [-0.05, 0) is 49.4 Å². The number of hydrogen-bond acceptors (Lipinski definition) is 1. The highest BCUT2D eigenvalue weighted by Crippen LogP contribution is 2.34. The molecule has 0 N–H and O–H groups in total. The Labute approximate surface area is 97.4 Å². The molecular weight excluding hydrogens is 208 g/mol. The van der Waals surface area contributed by atoms with Gasteiger partial charge in [0, 0.05) is 5.02 Å². The molecule has 0 aromatic heterocycles. The first kappa shape index (κ1) is 12.4. The van der Waals surface area contributed by atoms with E-state index in [0.29, 0.717) is 0 Å². The molecule has 1 aromatic rings. The van der Waals surface area contributed by atoms with Crippen molar-refractivity contribution in [1.29, 1.82) is 0 Å². The molecule has 84 valence electrons. The van der Waals surface area contributed by atoms with Gasteiger partial charge in [-0.3, -0.25) is 0 Å². The van der Waals surface area contributed by atoms with Gasteiger partial charge in [0.15, 0.2) is 0 Å². The smallest absolute Gasteiger partial charge is 0.125 e. The van der Waals surface area contributed by atoms with Crippen molar-refractivity contribution in [3.8, 4) is 5.75 Å². The van der Waals surface area contributed by atoms with Gasteiger partial charge in [-0.15, -0.1) is 0 Å². The van der Waals surface area contributed by atoms with Crippen LogP contribution in [0.3, 0.4) is 0 Å². The summed E-state index contributed by atoms with van der Waals surface area (Å²) in [5, 5.41) is 0.863. The quantitative estimate of drug-likeness (QED) is 0.641. The molecule has 15 heavy (non-hydrogen) atoms. The van der Waals surface area contributed by atoms with Crippen LogP contribution in [0, 0.1) is 13.8 Å². The first-order valence-corrected chi connectivity index (χ1v) is 5.99. The molecule has 0 atom stereocenters. The lowest BCUT2D eigenvalue weighted by atomic mass is 9.99. The Morgan fingerprint density at radius 3 is 2.53 bits per heavy atom. The molecular formula is C13H19ClO. The molecule has 0 bridgehead atoms. The van der Waals surface area contributed by atoms with Crippen LogP contribution in [0.5, 0.6) is 5.75 Å². The second-order valence-electron chi connectivity index (χ2n) is 3.55. The number of halogens is 1. The van der Waals surface area contributed by atoms with Gasteiger partial charge in [0.2, 0.25) is 0 Å². The number of benzene rings is 1. The van der Waals surface area contributed by atoms with Crippen LogP contribution in [-0.2, 0) is 6.42 Å². The molecule has 1 aliphatic rings. The Morgan fingerprint density at radius 2 is 1.87 bits per heavy atom. The van der Waals surface area contributed by atoms with Gasteiger partial charge in [0.25, 0.3) is 0 Å². The lowest BCUT2D eigenvalue weighted by molar-refractivity contribution is 0.286. The summed E-state index contributed by atoms with van der Waals surface area (Å²) in [6.07, 6.45) is 2.20. The zero-order valence-electron chi connectivity index (χ0n) is 9.98. The van der Waals surface area contributed by atoms with E-state index >= 15 is 0 Å². The Bertz CT molecular complexity index is 345. The maximum absolute atomic E-state index is 6.10. The minimum absolute atomic E-state index is 0.842. The highest BCUT2D eigenvalue weighted by atomic mass is 35.5. The van der Waals surface area contributed by atoms with Gasteiger partial charge in [0.1, 0.15) is 5.75 Å². The molecule has 2 rings (SSSR count). The minimum Gasteiger partial charge on any atom is -0.493 e. The molecule has 1 aromatic carbocycles. The number of ether oxygens (including phenoxy) is 1. The predicted octanol–water partition coefficient (Wildman–Crippen LogP) is 4.31. The van der Waals surface area contributed by atoms with E-state index in [4.69, 9.17) is 16.3 Å². The summed E-state index contributed by atoms with van der Waals surface area (Å²) in [4.78, 5) is 0. The molecule has 0 radical (unpaired) electrons. The van der Waals surface area contributed by atoms with Crippen LogP contribution >= 0.6 is 11.6 Å². The van der Waals surface area contributed by atoms with Gasteiger partial charge in [0.05, 0.1) is 6.61 Å². The van der Waals surface area contributed by atoms with Gasteiger partial charge < -0.3 is 4.74 Å². The summed E-state index contributed by atoms with van der Waals surface area (Å²) < 4.78 is 5.63. The number of rotatable bonds is 0. The van der Waals surface area contributed by atoms with Crippen molar-refractivity contribution in [2.75, 3.05) is 6.61 Å². The van der Waals surface area contributed by atoms with Crippen molar-refractivity contribution in [2.24, 2.45) is 0 Å². The maximum atomic E-state index is 6.10. The third-order valence-corrected chi connectivity index (χ3v) is 3.08. The SMILES string of the molecule is CC.Cc1c(Cl)cc2c(c1C)OCCC2. The number of fused-ring (bicyclic) bond motifs is 1. The fourth-order valence-corrected chi connectivity index (χ4v) is 2.01. The minimum atomic E-state index is 0.842. The van der Waals surface area contributed by atoms with Gasteiger partial charge >= 0.3 is 0 Å². The Morgan fingerprint density at radius 1 is 1.20 bits per heavy atom. The molecule has 0 saturated carbocycles. The standard InChI is InChI=1S/C11H13ClO.C2H6/c1-7-8(2)11-9(6-10(7)12)4-3-5-13-11;1-2/h6H,3-5H2,1-2H3;1-2H3. The van der Waals surface area contributed by atoms with Gasteiger partial charge in [-0.25, -0.2) is 0 Å². The second kappa shape index (κ2) is 5.41. The van der Waals surface area contributed by atoms with Crippen molar-refractivity contribution in [1.82, 2.24) is 0 Å². The van der Waals surface area contributed by atoms with Crippen LogP contribution < -0.4 is 4.74 Å². The highest BCUT2D eigenvalue weighted by molar-refractivity contribution is 6.31. The normalized spacial score (nSPS) is 13.4. The van der Waals surface area contributed by atoms with Crippen molar-refractivity contribution in [3.63, 3.8) is 0 Å². The van der Waals surface area contributed by atoms with Crippen molar-refractivity contribution in [2.45, 2.75) is 40.5 Å². The first-order chi connectivity index (χ1) is 7.20. The van der Waals surface area contributed by atoms with E-state index in [9.17, 15) is 0 Å². The summed E-state index contributed by atoms with van der Waals surface area (Å²) in [5.74, 6) is 1.06. The van der Waals surface area contributed by atoms with Crippen molar-refractivity contribution in [3.05, 3.63) is 27.8 Å². The maximum Gasteiger partial charge on any atom is 0.125 e. The zero-order chi connectivity index (χ0) is 11.4. The molecule has 1 nitrogen and oxygen atoms in total. The highest BCUT2D eigenvalue weighted by Gasteiger charge is 2.15. The Hall–Kier alpha value is -0.690.